The minimum absolute atomic E-state index is 0.363. The Labute approximate surface area is 114 Å². The van der Waals surface area contributed by atoms with Crippen molar-refractivity contribution in [2.45, 2.75) is 12.8 Å². The summed E-state index contributed by atoms with van der Waals surface area (Å²) >= 11 is 0. The zero-order valence-electron chi connectivity index (χ0n) is 11.4. The Morgan fingerprint density at radius 2 is 1.47 bits per heavy atom. The molecule has 0 aromatic rings. The zero-order valence-corrected chi connectivity index (χ0v) is 11.4. The molecule has 0 aliphatic rings. The molecular weight excluding hydrogens is 252 g/mol. The Morgan fingerprint density at radius 3 is 2.00 bits per heavy atom. The van der Waals surface area contributed by atoms with Crippen LogP contribution < -0.4 is 11.1 Å². The first kappa shape index (κ1) is 18.3. The van der Waals surface area contributed by atoms with E-state index in [0.717, 1.165) is 6.42 Å². The van der Waals surface area contributed by atoms with Gasteiger partial charge >= 0.3 is 0 Å². The molecule has 7 heteroatoms. The van der Waals surface area contributed by atoms with Crippen LogP contribution in [0.15, 0.2) is 0 Å². The summed E-state index contributed by atoms with van der Waals surface area (Å²) in [5, 5.41) is 11.0. The standard InChI is InChI=1S/C12H26N2O5/c13-3-1-5-17-7-9-19-10-8-18-6-2-4-14-12(16)11-15/h15H,1-11,13H2,(H,14,16). The number of nitrogens with one attached hydrogen (secondary N) is 1. The molecule has 0 aliphatic carbocycles. The minimum atomic E-state index is -0.470. The lowest BCUT2D eigenvalue weighted by atomic mass is 10.4. The van der Waals surface area contributed by atoms with Gasteiger partial charge in [-0.1, -0.05) is 0 Å². The maximum atomic E-state index is 10.7. The number of nitrogens with two attached hydrogens (primary N) is 1. The second-order valence-corrected chi connectivity index (χ2v) is 3.84. The van der Waals surface area contributed by atoms with Crippen LogP contribution in [0.25, 0.3) is 0 Å². The second-order valence-electron chi connectivity index (χ2n) is 3.84. The highest BCUT2D eigenvalue weighted by Gasteiger charge is 1.96. The van der Waals surface area contributed by atoms with E-state index in [-0.39, 0.29) is 5.91 Å². The molecule has 0 fully saturated rings. The Morgan fingerprint density at radius 1 is 0.947 bits per heavy atom. The molecule has 0 rings (SSSR count). The molecule has 0 aromatic carbocycles. The van der Waals surface area contributed by atoms with Crippen LogP contribution in [-0.4, -0.2) is 70.4 Å². The van der Waals surface area contributed by atoms with Crippen LogP contribution in [-0.2, 0) is 19.0 Å². The summed E-state index contributed by atoms with van der Waals surface area (Å²) in [6.45, 7) is 4.11. The molecule has 0 atom stereocenters. The molecule has 19 heavy (non-hydrogen) atoms. The van der Waals surface area contributed by atoms with Crippen LogP contribution in [0.3, 0.4) is 0 Å². The Kier molecular flexibility index (Phi) is 14.7. The van der Waals surface area contributed by atoms with Gasteiger partial charge in [-0.25, -0.2) is 0 Å². The average molecular weight is 278 g/mol. The van der Waals surface area contributed by atoms with E-state index in [0.29, 0.717) is 59.2 Å². The molecule has 0 bridgehead atoms. The number of hydrogen-bond donors (Lipinski definition) is 3. The predicted octanol–water partition coefficient (Wildman–Crippen LogP) is -1.12. The average Bonchev–Trinajstić information content (AvgIpc) is 2.43. The summed E-state index contributed by atoms with van der Waals surface area (Å²) in [4.78, 5) is 10.7. The third-order valence-electron chi connectivity index (χ3n) is 2.17. The largest absolute Gasteiger partial charge is 0.387 e. The SMILES string of the molecule is NCCCOCCOCCOCCCNC(=O)CO. The van der Waals surface area contributed by atoms with E-state index in [9.17, 15) is 4.79 Å². The highest BCUT2D eigenvalue weighted by molar-refractivity contribution is 5.76. The lowest BCUT2D eigenvalue weighted by Crippen LogP contribution is -2.27. The first-order valence-electron chi connectivity index (χ1n) is 6.62. The van der Waals surface area contributed by atoms with E-state index in [1.807, 2.05) is 0 Å². The van der Waals surface area contributed by atoms with Crippen LogP contribution >= 0.6 is 0 Å². The highest BCUT2D eigenvalue weighted by atomic mass is 16.5. The summed E-state index contributed by atoms with van der Waals surface area (Å²) in [6.07, 6.45) is 1.59. The topological polar surface area (TPSA) is 103 Å². The van der Waals surface area contributed by atoms with Crippen LogP contribution in [0, 0.1) is 0 Å². The fourth-order valence-corrected chi connectivity index (χ4v) is 1.19. The molecule has 0 aliphatic heterocycles. The number of amides is 1. The van der Waals surface area contributed by atoms with Gasteiger partial charge in [0.15, 0.2) is 0 Å². The van der Waals surface area contributed by atoms with E-state index in [4.69, 9.17) is 25.1 Å². The van der Waals surface area contributed by atoms with E-state index in [1.165, 1.54) is 0 Å². The smallest absolute Gasteiger partial charge is 0.245 e. The normalized spacial score (nSPS) is 10.6. The van der Waals surface area contributed by atoms with E-state index in [1.54, 1.807) is 0 Å². The van der Waals surface area contributed by atoms with Gasteiger partial charge in [-0.05, 0) is 19.4 Å². The molecule has 0 saturated heterocycles. The van der Waals surface area contributed by atoms with E-state index < -0.39 is 6.61 Å². The van der Waals surface area contributed by atoms with Gasteiger partial charge in [0.1, 0.15) is 6.61 Å². The van der Waals surface area contributed by atoms with E-state index in [2.05, 4.69) is 5.32 Å². The molecule has 0 unspecified atom stereocenters. The van der Waals surface area contributed by atoms with E-state index >= 15 is 0 Å². The molecule has 1 amide bonds. The minimum Gasteiger partial charge on any atom is -0.387 e. The number of aliphatic hydroxyl groups is 1. The molecule has 0 heterocycles. The quantitative estimate of drug-likeness (QED) is 0.348. The fourth-order valence-electron chi connectivity index (χ4n) is 1.19. The first-order chi connectivity index (χ1) is 9.31. The van der Waals surface area contributed by atoms with Gasteiger partial charge in [-0.15, -0.1) is 0 Å². The van der Waals surface area contributed by atoms with Crippen LogP contribution in [0.5, 0.6) is 0 Å². The van der Waals surface area contributed by atoms with Crippen molar-refractivity contribution in [3.63, 3.8) is 0 Å². The molecule has 0 aromatic heterocycles. The number of rotatable bonds is 14. The van der Waals surface area contributed by atoms with Crippen molar-refractivity contribution in [3.8, 4) is 0 Å². The molecule has 0 saturated carbocycles. The molecule has 0 spiro atoms. The van der Waals surface area contributed by atoms with Gasteiger partial charge in [-0.2, -0.15) is 0 Å². The van der Waals surface area contributed by atoms with Crippen molar-refractivity contribution >= 4 is 5.91 Å². The maximum Gasteiger partial charge on any atom is 0.245 e. The monoisotopic (exact) mass is 278 g/mol. The van der Waals surface area contributed by atoms with Gasteiger partial charge in [0.2, 0.25) is 5.91 Å². The maximum absolute atomic E-state index is 10.7. The van der Waals surface area contributed by atoms with Gasteiger partial charge in [0.25, 0.3) is 0 Å². The number of hydrogen-bond acceptors (Lipinski definition) is 6. The summed E-state index contributed by atoms with van der Waals surface area (Å²) in [7, 11) is 0. The number of carbonyl (C=O) groups excluding carboxylic acids is 1. The molecule has 114 valence electrons. The van der Waals surface area contributed by atoms with Gasteiger partial charge in [-0.3, -0.25) is 4.79 Å². The lowest BCUT2D eigenvalue weighted by molar-refractivity contribution is -0.123. The highest BCUT2D eigenvalue weighted by Crippen LogP contribution is 1.85. The van der Waals surface area contributed by atoms with Crippen LogP contribution in [0.2, 0.25) is 0 Å². The third-order valence-corrected chi connectivity index (χ3v) is 2.17. The molecule has 7 nitrogen and oxygen atoms in total. The molecular formula is C12H26N2O5. The lowest BCUT2D eigenvalue weighted by Gasteiger charge is -2.07. The third kappa shape index (κ3) is 15.2. The Bertz CT molecular complexity index is 205. The Balaban J connectivity index is 2.97. The predicted molar refractivity (Wildman–Crippen MR) is 70.8 cm³/mol. The van der Waals surface area contributed by atoms with Crippen molar-refractivity contribution in [1.29, 1.82) is 0 Å². The zero-order chi connectivity index (χ0) is 14.2. The van der Waals surface area contributed by atoms with Crippen molar-refractivity contribution in [2.24, 2.45) is 5.73 Å². The number of carbonyl (C=O) groups is 1. The van der Waals surface area contributed by atoms with Gasteiger partial charge in [0, 0.05) is 19.8 Å². The first-order valence-corrected chi connectivity index (χ1v) is 6.62. The van der Waals surface area contributed by atoms with Crippen molar-refractivity contribution < 1.29 is 24.1 Å². The second kappa shape index (κ2) is 15.3. The summed E-state index contributed by atoms with van der Waals surface area (Å²) < 4.78 is 15.9. The van der Waals surface area contributed by atoms with Crippen molar-refractivity contribution in [1.82, 2.24) is 5.32 Å². The van der Waals surface area contributed by atoms with Crippen molar-refractivity contribution in [3.05, 3.63) is 0 Å². The van der Waals surface area contributed by atoms with Gasteiger partial charge in [0.05, 0.1) is 26.4 Å². The number of aliphatic hydroxyl groups excluding tert-OH is 1. The summed E-state index contributed by atoms with van der Waals surface area (Å²) in [5.74, 6) is -0.363. The van der Waals surface area contributed by atoms with Crippen LogP contribution in [0.1, 0.15) is 12.8 Å². The molecule has 4 N–H and O–H groups in total. The number of ether oxygens (including phenoxy) is 3. The Hall–Kier alpha value is -0.730. The van der Waals surface area contributed by atoms with Crippen LogP contribution in [0.4, 0.5) is 0 Å². The van der Waals surface area contributed by atoms with Crippen molar-refractivity contribution in [2.75, 3.05) is 59.3 Å². The molecule has 0 radical (unpaired) electrons. The summed E-state index contributed by atoms with van der Waals surface area (Å²) in [6, 6.07) is 0. The fraction of sp³-hybridized carbons (Fsp3) is 0.917. The summed E-state index contributed by atoms with van der Waals surface area (Å²) in [5.41, 5.74) is 5.32. The van der Waals surface area contributed by atoms with Gasteiger partial charge < -0.3 is 30.4 Å².